The molecule has 0 spiro atoms. The number of carbonyl (C=O) groups is 1. The SMILES string of the molecule is CCC(C)c1c(CC(C)C)cn(S)c1C=O. The third-order valence-electron chi connectivity index (χ3n) is 2.99. The summed E-state index contributed by atoms with van der Waals surface area (Å²) in [6.07, 6.45) is 4.95. The second kappa shape index (κ2) is 5.58. The number of thiol groups is 1. The van der Waals surface area contributed by atoms with E-state index in [1.54, 1.807) is 3.97 Å². The van der Waals surface area contributed by atoms with E-state index < -0.39 is 0 Å². The highest BCUT2D eigenvalue weighted by Crippen LogP contribution is 2.29. The maximum absolute atomic E-state index is 11.1. The fraction of sp³-hybridized carbons (Fsp3) is 0.615. The van der Waals surface area contributed by atoms with Crippen molar-refractivity contribution < 1.29 is 4.79 Å². The van der Waals surface area contributed by atoms with Crippen LogP contribution in [-0.2, 0) is 6.42 Å². The second-order valence-corrected chi connectivity index (χ2v) is 5.25. The highest BCUT2D eigenvalue weighted by atomic mass is 32.1. The van der Waals surface area contributed by atoms with E-state index in [2.05, 4.69) is 40.5 Å². The van der Waals surface area contributed by atoms with Gasteiger partial charge in [0.15, 0.2) is 6.29 Å². The molecule has 0 fully saturated rings. The Hall–Kier alpha value is -0.700. The Morgan fingerprint density at radius 3 is 2.50 bits per heavy atom. The van der Waals surface area contributed by atoms with Gasteiger partial charge in [0.1, 0.15) is 0 Å². The molecule has 1 aromatic rings. The number of aldehydes is 1. The van der Waals surface area contributed by atoms with Crippen molar-refractivity contribution in [3.8, 4) is 0 Å². The number of hydrogen-bond donors (Lipinski definition) is 1. The second-order valence-electron chi connectivity index (χ2n) is 4.82. The molecule has 1 rings (SSSR count). The topological polar surface area (TPSA) is 22.0 Å². The van der Waals surface area contributed by atoms with Gasteiger partial charge in [-0.05, 0) is 35.8 Å². The van der Waals surface area contributed by atoms with Crippen molar-refractivity contribution in [2.24, 2.45) is 5.92 Å². The summed E-state index contributed by atoms with van der Waals surface area (Å²) < 4.78 is 1.66. The average Bonchev–Trinajstić information content (AvgIpc) is 2.52. The lowest BCUT2D eigenvalue weighted by atomic mass is 9.91. The van der Waals surface area contributed by atoms with Crippen molar-refractivity contribution in [2.75, 3.05) is 0 Å². The van der Waals surface area contributed by atoms with Crippen LogP contribution in [0.1, 0.15) is 61.6 Å². The van der Waals surface area contributed by atoms with E-state index in [9.17, 15) is 4.79 Å². The molecule has 16 heavy (non-hydrogen) atoms. The Labute approximate surface area is 104 Å². The molecule has 0 bridgehead atoms. The Balaban J connectivity index is 3.21. The summed E-state index contributed by atoms with van der Waals surface area (Å²) in [5.74, 6) is 1.01. The number of carbonyl (C=O) groups excluding carboxylic acids is 1. The van der Waals surface area contributed by atoms with Gasteiger partial charge >= 0.3 is 0 Å². The van der Waals surface area contributed by atoms with E-state index >= 15 is 0 Å². The summed E-state index contributed by atoms with van der Waals surface area (Å²) in [4.78, 5) is 11.1. The van der Waals surface area contributed by atoms with Gasteiger partial charge in [-0.1, -0.05) is 40.5 Å². The molecule has 0 radical (unpaired) electrons. The summed E-state index contributed by atoms with van der Waals surface area (Å²) in [7, 11) is 0. The summed E-state index contributed by atoms with van der Waals surface area (Å²) in [5, 5.41) is 0. The highest BCUT2D eigenvalue weighted by molar-refractivity contribution is 7.78. The Bertz CT molecular complexity index is 368. The quantitative estimate of drug-likeness (QED) is 0.614. The van der Waals surface area contributed by atoms with Gasteiger partial charge in [-0.25, -0.2) is 0 Å². The van der Waals surface area contributed by atoms with E-state index in [0.717, 1.165) is 19.1 Å². The molecule has 0 N–H and O–H groups in total. The maximum Gasteiger partial charge on any atom is 0.167 e. The minimum absolute atomic E-state index is 0.419. The van der Waals surface area contributed by atoms with Crippen LogP contribution in [0.4, 0.5) is 0 Å². The standard InChI is InChI=1S/C13H21NOS/c1-5-10(4)13-11(6-9(2)3)7-14(16)12(13)8-15/h7-10,16H,5-6H2,1-4H3. The molecule has 1 atom stereocenters. The van der Waals surface area contributed by atoms with E-state index in [4.69, 9.17) is 0 Å². The summed E-state index contributed by atoms with van der Waals surface area (Å²) >= 11 is 4.31. The fourth-order valence-electron chi connectivity index (χ4n) is 2.07. The van der Waals surface area contributed by atoms with Crippen LogP contribution < -0.4 is 0 Å². The molecular weight excluding hydrogens is 218 g/mol. The Morgan fingerprint density at radius 2 is 2.06 bits per heavy atom. The molecule has 0 aliphatic carbocycles. The van der Waals surface area contributed by atoms with Crippen molar-refractivity contribution in [1.82, 2.24) is 3.97 Å². The van der Waals surface area contributed by atoms with Crippen LogP contribution in [0.15, 0.2) is 6.20 Å². The van der Waals surface area contributed by atoms with Gasteiger partial charge in [-0.2, -0.15) is 0 Å². The minimum Gasteiger partial charge on any atom is -0.296 e. The van der Waals surface area contributed by atoms with Crippen molar-refractivity contribution in [1.29, 1.82) is 0 Å². The number of nitrogens with zero attached hydrogens (tertiary/aromatic N) is 1. The summed E-state index contributed by atoms with van der Waals surface area (Å²) in [5.41, 5.74) is 3.16. The van der Waals surface area contributed by atoms with Gasteiger partial charge in [0, 0.05) is 6.20 Å². The molecule has 1 aromatic heterocycles. The Kier molecular flexibility index (Phi) is 4.66. The third-order valence-corrected chi connectivity index (χ3v) is 3.32. The summed E-state index contributed by atoms with van der Waals surface area (Å²) in [6, 6.07) is 0. The van der Waals surface area contributed by atoms with Crippen LogP contribution in [0.25, 0.3) is 0 Å². The largest absolute Gasteiger partial charge is 0.296 e. The molecule has 2 nitrogen and oxygen atoms in total. The molecule has 1 heterocycles. The van der Waals surface area contributed by atoms with Crippen LogP contribution >= 0.6 is 12.8 Å². The predicted octanol–water partition coefficient (Wildman–Crippen LogP) is 3.71. The monoisotopic (exact) mass is 239 g/mol. The van der Waals surface area contributed by atoms with E-state index in [-0.39, 0.29) is 0 Å². The zero-order valence-electron chi connectivity index (χ0n) is 10.5. The smallest absolute Gasteiger partial charge is 0.167 e. The van der Waals surface area contributed by atoms with Crippen LogP contribution in [0.3, 0.4) is 0 Å². The van der Waals surface area contributed by atoms with Gasteiger partial charge in [0.05, 0.1) is 5.69 Å². The molecule has 0 aromatic carbocycles. The first-order chi connectivity index (χ1) is 7.51. The van der Waals surface area contributed by atoms with Crippen LogP contribution in [0, 0.1) is 5.92 Å². The van der Waals surface area contributed by atoms with Gasteiger partial charge in [0.2, 0.25) is 0 Å². The average molecular weight is 239 g/mol. The fourth-order valence-corrected chi connectivity index (χ4v) is 2.36. The number of rotatable bonds is 5. The first-order valence-electron chi connectivity index (χ1n) is 5.89. The molecule has 3 heteroatoms. The zero-order chi connectivity index (χ0) is 12.3. The lowest BCUT2D eigenvalue weighted by molar-refractivity contribution is 0.111. The van der Waals surface area contributed by atoms with Crippen molar-refractivity contribution in [3.63, 3.8) is 0 Å². The number of hydrogen-bond acceptors (Lipinski definition) is 2. The zero-order valence-corrected chi connectivity index (χ0v) is 11.4. The van der Waals surface area contributed by atoms with Crippen LogP contribution in [0.2, 0.25) is 0 Å². The molecule has 1 unspecified atom stereocenters. The highest BCUT2D eigenvalue weighted by Gasteiger charge is 2.18. The van der Waals surface area contributed by atoms with E-state index in [1.807, 2.05) is 6.20 Å². The van der Waals surface area contributed by atoms with Crippen molar-refractivity contribution in [2.45, 2.75) is 46.5 Å². The van der Waals surface area contributed by atoms with Crippen molar-refractivity contribution >= 4 is 19.1 Å². The lowest BCUT2D eigenvalue weighted by Crippen LogP contribution is -2.02. The molecule has 0 saturated heterocycles. The number of aromatic nitrogens is 1. The molecule has 0 saturated carbocycles. The van der Waals surface area contributed by atoms with Crippen LogP contribution in [0.5, 0.6) is 0 Å². The predicted molar refractivity (Wildman–Crippen MR) is 71.5 cm³/mol. The molecule has 0 aliphatic heterocycles. The minimum atomic E-state index is 0.419. The van der Waals surface area contributed by atoms with Crippen LogP contribution in [-0.4, -0.2) is 10.3 Å². The normalized spacial score (nSPS) is 13.1. The first-order valence-corrected chi connectivity index (χ1v) is 6.29. The van der Waals surface area contributed by atoms with Gasteiger partial charge in [-0.15, -0.1) is 0 Å². The molecule has 90 valence electrons. The Morgan fingerprint density at radius 1 is 1.44 bits per heavy atom. The maximum atomic E-state index is 11.1. The third kappa shape index (κ3) is 2.70. The van der Waals surface area contributed by atoms with E-state index in [0.29, 0.717) is 17.5 Å². The summed E-state index contributed by atoms with van der Waals surface area (Å²) in [6.45, 7) is 8.70. The van der Waals surface area contributed by atoms with E-state index in [1.165, 1.54) is 11.1 Å². The first kappa shape index (κ1) is 13.4. The van der Waals surface area contributed by atoms with Crippen molar-refractivity contribution in [3.05, 3.63) is 23.0 Å². The molecule has 0 aliphatic rings. The van der Waals surface area contributed by atoms with Gasteiger partial charge < -0.3 is 0 Å². The van der Waals surface area contributed by atoms with Gasteiger partial charge in [0.25, 0.3) is 0 Å². The molecule has 0 amide bonds. The molecular formula is C13H21NOS. The van der Waals surface area contributed by atoms with Gasteiger partial charge in [-0.3, -0.25) is 8.77 Å². The lowest BCUT2D eigenvalue weighted by Gasteiger charge is -2.12.